The van der Waals surface area contributed by atoms with Crippen molar-refractivity contribution in [3.8, 4) is 0 Å². The van der Waals surface area contributed by atoms with Gasteiger partial charge in [-0.3, -0.25) is 9.69 Å². The number of carbonyl (C=O) groups excluding carboxylic acids is 1. The highest BCUT2D eigenvalue weighted by molar-refractivity contribution is 5.92. The predicted molar refractivity (Wildman–Crippen MR) is 115 cm³/mol. The number of aryl methyl sites for hydroxylation is 1. The fourth-order valence-corrected chi connectivity index (χ4v) is 3.74. The molecule has 0 bridgehead atoms. The van der Waals surface area contributed by atoms with Crippen molar-refractivity contribution in [2.24, 2.45) is 0 Å². The molecular weight excluding hydrogens is 381 g/mol. The minimum atomic E-state index is -0.436. The molecule has 0 saturated carbocycles. The zero-order valence-electron chi connectivity index (χ0n) is 16.8. The normalized spacial score (nSPS) is 16.4. The lowest BCUT2D eigenvalue weighted by Gasteiger charge is -2.24. The van der Waals surface area contributed by atoms with E-state index in [9.17, 15) is 9.18 Å². The zero-order valence-corrected chi connectivity index (χ0v) is 16.8. The second-order valence-electron chi connectivity index (χ2n) is 7.39. The molecule has 1 aliphatic rings. The van der Waals surface area contributed by atoms with E-state index in [0.717, 1.165) is 36.6 Å². The molecule has 4 rings (SSSR count). The number of benzene rings is 1. The molecule has 1 atom stereocenters. The molecule has 0 spiro atoms. The minimum absolute atomic E-state index is 0.0450. The minimum Gasteiger partial charge on any atom is -0.325 e. The topological polar surface area (TPSA) is 70.2 Å². The standard InChI is InChI=1S/C23H24FN5O/c1-16-7-4-12-21(25-16)28-22-13-5-10-19(26-22)20-11-6-14-29(20)15-23(30)27-18-9-3-2-8-17(18)24/h2-5,7-10,12-13,20H,6,11,14-15H2,1H3,(H,27,30)(H,25,26,28). The van der Waals surface area contributed by atoms with Crippen LogP contribution in [0.5, 0.6) is 0 Å². The Balaban J connectivity index is 1.44. The molecule has 0 radical (unpaired) electrons. The monoisotopic (exact) mass is 405 g/mol. The molecule has 1 fully saturated rings. The number of halogens is 1. The summed E-state index contributed by atoms with van der Waals surface area (Å²) in [6, 6.07) is 17.9. The smallest absolute Gasteiger partial charge is 0.238 e. The van der Waals surface area contributed by atoms with E-state index in [1.807, 2.05) is 43.3 Å². The van der Waals surface area contributed by atoms with Gasteiger partial charge in [0.25, 0.3) is 0 Å². The summed E-state index contributed by atoms with van der Waals surface area (Å²) < 4.78 is 13.8. The Morgan fingerprint density at radius 1 is 1.07 bits per heavy atom. The highest BCUT2D eigenvalue weighted by Crippen LogP contribution is 2.31. The van der Waals surface area contributed by atoms with E-state index in [4.69, 9.17) is 4.98 Å². The van der Waals surface area contributed by atoms with Gasteiger partial charge >= 0.3 is 0 Å². The first-order valence-corrected chi connectivity index (χ1v) is 10.0. The van der Waals surface area contributed by atoms with E-state index in [0.29, 0.717) is 5.82 Å². The molecular formula is C23H24FN5O. The average Bonchev–Trinajstić information content (AvgIpc) is 3.18. The van der Waals surface area contributed by atoms with Crippen LogP contribution in [0.15, 0.2) is 60.7 Å². The van der Waals surface area contributed by atoms with Crippen molar-refractivity contribution in [3.63, 3.8) is 0 Å². The van der Waals surface area contributed by atoms with Gasteiger partial charge < -0.3 is 10.6 Å². The van der Waals surface area contributed by atoms with Gasteiger partial charge in [-0.05, 0) is 62.7 Å². The van der Waals surface area contributed by atoms with Gasteiger partial charge in [0.15, 0.2) is 0 Å². The second kappa shape index (κ2) is 9.00. The third-order valence-corrected chi connectivity index (χ3v) is 5.11. The molecule has 0 aliphatic carbocycles. The number of para-hydroxylation sites is 1. The summed E-state index contributed by atoms with van der Waals surface area (Å²) in [7, 11) is 0. The van der Waals surface area contributed by atoms with Crippen LogP contribution in [0.2, 0.25) is 0 Å². The molecule has 2 aromatic heterocycles. The van der Waals surface area contributed by atoms with E-state index in [2.05, 4.69) is 20.5 Å². The van der Waals surface area contributed by atoms with Gasteiger partial charge in [-0.2, -0.15) is 0 Å². The Morgan fingerprint density at radius 3 is 2.63 bits per heavy atom. The van der Waals surface area contributed by atoms with Crippen LogP contribution in [0, 0.1) is 12.7 Å². The third kappa shape index (κ3) is 4.80. The number of nitrogens with one attached hydrogen (secondary N) is 2. The number of carbonyl (C=O) groups is 1. The van der Waals surface area contributed by atoms with Crippen molar-refractivity contribution in [2.45, 2.75) is 25.8 Å². The van der Waals surface area contributed by atoms with Crippen LogP contribution in [-0.2, 0) is 4.79 Å². The largest absolute Gasteiger partial charge is 0.325 e. The van der Waals surface area contributed by atoms with Crippen molar-refractivity contribution in [2.75, 3.05) is 23.7 Å². The average molecular weight is 405 g/mol. The molecule has 2 N–H and O–H groups in total. The SMILES string of the molecule is Cc1cccc(Nc2cccc(C3CCCN3CC(=O)Nc3ccccc3F)n2)n1. The van der Waals surface area contributed by atoms with Crippen LogP contribution in [-0.4, -0.2) is 33.9 Å². The Morgan fingerprint density at radius 2 is 1.83 bits per heavy atom. The molecule has 1 aliphatic heterocycles. The van der Waals surface area contributed by atoms with E-state index in [-0.39, 0.29) is 24.2 Å². The van der Waals surface area contributed by atoms with Gasteiger partial charge in [-0.25, -0.2) is 14.4 Å². The van der Waals surface area contributed by atoms with Crippen molar-refractivity contribution in [1.29, 1.82) is 0 Å². The Bertz CT molecular complexity index is 1040. The lowest BCUT2D eigenvalue weighted by atomic mass is 10.1. The van der Waals surface area contributed by atoms with Crippen LogP contribution in [0.25, 0.3) is 0 Å². The maximum absolute atomic E-state index is 13.8. The quantitative estimate of drug-likeness (QED) is 0.634. The summed E-state index contributed by atoms with van der Waals surface area (Å²) in [5.74, 6) is 0.791. The second-order valence-corrected chi connectivity index (χ2v) is 7.39. The maximum atomic E-state index is 13.8. The summed E-state index contributed by atoms with van der Waals surface area (Å²) in [4.78, 5) is 23.8. The molecule has 6 nitrogen and oxygen atoms in total. The third-order valence-electron chi connectivity index (χ3n) is 5.11. The van der Waals surface area contributed by atoms with Gasteiger partial charge in [-0.1, -0.05) is 24.3 Å². The zero-order chi connectivity index (χ0) is 20.9. The molecule has 7 heteroatoms. The summed E-state index contributed by atoms with van der Waals surface area (Å²) in [6.45, 7) is 2.93. The Hall–Kier alpha value is -3.32. The van der Waals surface area contributed by atoms with Crippen LogP contribution < -0.4 is 10.6 Å². The Labute approximate surface area is 175 Å². The number of hydrogen-bond acceptors (Lipinski definition) is 5. The molecule has 3 aromatic rings. The first kappa shape index (κ1) is 20.0. The summed E-state index contributed by atoms with van der Waals surface area (Å²) in [5, 5.41) is 5.90. The highest BCUT2D eigenvalue weighted by Gasteiger charge is 2.29. The molecule has 1 aromatic carbocycles. The molecule has 1 unspecified atom stereocenters. The van der Waals surface area contributed by atoms with Crippen molar-refractivity contribution in [1.82, 2.24) is 14.9 Å². The Kier molecular flexibility index (Phi) is 5.99. The van der Waals surface area contributed by atoms with E-state index >= 15 is 0 Å². The van der Waals surface area contributed by atoms with Crippen molar-refractivity contribution < 1.29 is 9.18 Å². The van der Waals surface area contributed by atoms with Gasteiger partial charge in [0.2, 0.25) is 5.91 Å². The van der Waals surface area contributed by atoms with Crippen LogP contribution >= 0.6 is 0 Å². The fraction of sp³-hybridized carbons (Fsp3) is 0.261. The molecule has 1 saturated heterocycles. The van der Waals surface area contributed by atoms with Gasteiger partial charge in [0.05, 0.1) is 24.0 Å². The van der Waals surface area contributed by atoms with Crippen molar-refractivity contribution >= 4 is 23.2 Å². The molecule has 154 valence electrons. The lowest BCUT2D eigenvalue weighted by molar-refractivity contribution is -0.117. The van der Waals surface area contributed by atoms with Crippen LogP contribution in [0.3, 0.4) is 0 Å². The van der Waals surface area contributed by atoms with E-state index in [1.165, 1.54) is 6.07 Å². The summed E-state index contributed by atoms with van der Waals surface area (Å²) in [6.07, 6.45) is 1.91. The number of pyridine rings is 2. The number of likely N-dealkylation sites (tertiary alicyclic amines) is 1. The maximum Gasteiger partial charge on any atom is 0.238 e. The molecule has 1 amide bonds. The van der Waals surface area contributed by atoms with E-state index < -0.39 is 5.82 Å². The van der Waals surface area contributed by atoms with Crippen molar-refractivity contribution in [3.05, 3.63) is 77.9 Å². The van der Waals surface area contributed by atoms with Crippen LogP contribution in [0.4, 0.5) is 21.7 Å². The number of aromatic nitrogens is 2. The van der Waals surface area contributed by atoms with Crippen LogP contribution in [0.1, 0.15) is 30.3 Å². The van der Waals surface area contributed by atoms with Gasteiger partial charge in [0.1, 0.15) is 17.5 Å². The lowest BCUT2D eigenvalue weighted by Crippen LogP contribution is -2.33. The van der Waals surface area contributed by atoms with E-state index in [1.54, 1.807) is 18.2 Å². The summed E-state index contributed by atoms with van der Waals surface area (Å²) in [5.41, 5.74) is 2.04. The number of hydrogen-bond donors (Lipinski definition) is 2. The number of amides is 1. The van der Waals surface area contributed by atoms with Gasteiger partial charge in [0, 0.05) is 5.69 Å². The highest BCUT2D eigenvalue weighted by atomic mass is 19.1. The number of nitrogens with zero attached hydrogens (tertiary/aromatic N) is 3. The first-order chi connectivity index (χ1) is 14.6. The fourth-order valence-electron chi connectivity index (χ4n) is 3.74. The van der Waals surface area contributed by atoms with Gasteiger partial charge in [-0.15, -0.1) is 0 Å². The molecule has 3 heterocycles. The number of anilines is 3. The molecule has 30 heavy (non-hydrogen) atoms. The first-order valence-electron chi connectivity index (χ1n) is 10.0. The summed E-state index contributed by atoms with van der Waals surface area (Å²) >= 11 is 0. The predicted octanol–water partition coefficient (Wildman–Crippen LogP) is 4.44. The number of rotatable bonds is 6.